The fourth-order valence-corrected chi connectivity index (χ4v) is 7.08. The normalized spacial score (nSPS) is 13.8. The van der Waals surface area contributed by atoms with Crippen LogP contribution in [0, 0.1) is 17.7 Å². The molecule has 3 heterocycles. The van der Waals surface area contributed by atoms with Crippen LogP contribution in [0.15, 0.2) is 91.3 Å². The topological polar surface area (TPSA) is 110 Å². The molecule has 1 N–H and O–H groups in total. The molecule has 3 aromatic carbocycles. The molecule has 1 aliphatic heterocycles. The molecule has 1 aliphatic rings. The second kappa shape index (κ2) is 14.9. The van der Waals surface area contributed by atoms with Gasteiger partial charge < -0.3 is 14.7 Å². The third-order valence-electron chi connectivity index (χ3n) is 9.07. The van der Waals surface area contributed by atoms with Gasteiger partial charge in [0, 0.05) is 59.4 Å². The number of nitrogens with zero attached hydrogens (tertiary/aromatic N) is 3. The van der Waals surface area contributed by atoms with E-state index in [9.17, 15) is 19.5 Å². The number of amides is 1. The van der Waals surface area contributed by atoms with E-state index in [0.717, 1.165) is 32.9 Å². The van der Waals surface area contributed by atoms with E-state index in [2.05, 4.69) is 30.7 Å². The lowest BCUT2D eigenvalue weighted by Crippen LogP contribution is -2.55. The maximum absolute atomic E-state index is 15.3. The smallest absolute Gasteiger partial charge is 0.310 e. The van der Waals surface area contributed by atoms with Gasteiger partial charge in [-0.25, -0.2) is 14.4 Å². The summed E-state index contributed by atoms with van der Waals surface area (Å²) in [6, 6.07) is 23.9. The number of halogens is 1. The van der Waals surface area contributed by atoms with E-state index in [0.29, 0.717) is 34.9 Å². The zero-order chi connectivity index (χ0) is 36.3. The minimum atomic E-state index is -0.922. The standard InChI is InChI=1S/C41H40FN3O5S/c1-5-50-32-13-10-26(11-14-32)28-12-15-33(34(42)19-28)30-21-43-38(44-22-30)27-8-6-25(7-9-27)18-29(39(47)45-23-31(24-45)40(48)49)20-35(46)36-16-17-37(51-36)41(2,3)4/h6-17,19,21-22,29,31H,5,18,20,23-24H2,1-4H3,(H,48,49)/t29-/m1/s1. The number of carboxylic acid groups (broad SMARTS) is 1. The van der Waals surface area contributed by atoms with Crippen molar-refractivity contribution in [1.82, 2.24) is 14.9 Å². The van der Waals surface area contributed by atoms with Crippen molar-refractivity contribution in [3.8, 4) is 39.4 Å². The molecule has 0 saturated carbocycles. The maximum atomic E-state index is 15.3. The van der Waals surface area contributed by atoms with E-state index < -0.39 is 17.8 Å². The summed E-state index contributed by atoms with van der Waals surface area (Å²) < 4.78 is 20.7. The van der Waals surface area contributed by atoms with Gasteiger partial charge in [-0.2, -0.15) is 0 Å². The number of ether oxygens (including phenoxy) is 1. The van der Waals surface area contributed by atoms with Crippen LogP contribution in [0.2, 0.25) is 0 Å². The van der Waals surface area contributed by atoms with Crippen LogP contribution < -0.4 is 4.74 Å². The Morgan fingerprint density at radius 3 is 2.14 bits per heavy atom. The molecule has 1 atom stereocenters. The lowest BCUT2D eigenvalue weighted by molar-refractivity contribution is -0.154. The van der Waals surface area contributed by atoms with Crippen molar-refractivity contribution in [2.45, 2.75) is 46.0 Å². The van der Waals surface area contributed by atoms with Crippen molar-refractivity contribution in [2.75, 3.05) is 19.7 Å². The number of thiophene rings is 1. The molecular formula is C41H40FN3O5S. The van der Waals surface area contributed by atoms with Crippen LogP contribution >= 0.6 is 11.3 Å². The van der Waals surface area contributed by atoms with Crippen molar-refractivity contribution in [1.29, 1.82) is 0 Å². The van der Waals surface area contributed by atoms with E-state index >= 15 is 4.39 Å². The van der Waals surface area contributed by atoms with Crippen molar-refractivity contribution in [3.05, 3.63) is 112 Å². The average molecular weight is 706 g/mol. The van der Waals surface area contributed by atoms with E-state index in [1.54, 1.807) is 18.5 Å². The monoisotopic (exact) mass is 705 g/mol. The lowest BCUT2D eigenvalue weighted by atomic mass is 9.89. The van der Waals surface area contributed by atoms with Crippen LogP contribution in [-0.2, 0) is 21.4 Å². The van der Waals surface area contributed by atoms with Gasteiger partial charge in [0.25, 0.3) is 0 Å². The molecule has 1 fully saturated rings. The number of carbonyl (C=O) groups excluding carboxylic acids is 2. The number of aliphatic carboxylic acids is 1. The number of likely N-dealkylation sites (tertiary alicyclic amines) is 1. The Morgan fingerprint density at radius 2 is 1.55 bits per heavy atom. The summed E-state index contributed by atoms with van der Waals surface area (Å²) in [6.45, 7) is 9.07. The molecule has 0 unspecified atom stereocenters. The zero-order valence-corrected chi connectivity index (χ0v) is 29.9. The predicted octanol–water partition coefficient (Wildman–Crippen LogP) is 8.35. The van der Waals surface area contributed by atoms with Gasteiger partial charge in [-0.05, 0) is 65.8 Å². The number of benzene rings is 3. The number of hydrogen-bond acceptors (Lipinski definition) is 7. The van der Waals surface area contributed by atoms with Gasteiger partial charge in [-0.1, -0.05) is 69.3 Å². The second-order valence-corrected chi connectivity index (χ2v) is 14.9. The molecule has 8 nitrogen and oxygen atoms in total. The molecule has 1 amide bonds. The quantitative estimate of drug-likeness (QED) is 0.130. The molecule has 51 heavy (non-hydrogen) atoms. The van der Waals surface area contributed by atoms with E-state index in [1.165, 1.54) is 22.3 Å². The highest BCUT2D eigenvalue weighted by Gasteiger charge is 2.39. The van der Waals surface area contributed by atoms with Crippen LogP contribution in [0.4, 0.5) is 4.39 Å². The van der Waals surface area contributed by atoms with Gasteiger partial charge in [0.1, 0.15) is 11.6 Å². The van der Waals surface area contributed by atoms with Gasteiger partial charge in [-0.3, -0.25) is 14.4 Å². The van der Waals surface area contributed by atoms with Gasteiger partial charge in [0.2, 0.25) is 5.91 Å². The summed E-state index contributed by atoms with van der Waals surface area (Å²) in [7, 11) is 0. The molecule has 0 aliphatic carbocycles. The van der Waals surface area contributed by atoms with Crippen LogP contribution in [0.1, 0.15) is 54.2 Å². The Kier molecular flexibility index (Phi) is 10.4. The van der Waals surface area contributed by atoms with Crippen LogP contribution in [0.5, 0.6) is 5.75 Å². The molecule has 0 spiro atoms. The highest BCUT2D eigenvalue weighted by atomic mass is 32.1. The minimum absolute atomic E-state index is 0.0290. The van der Waals surface area contributed by atoms with Crippen molar-refractivity contribution < 1.29 is 28.6 Å². The highest BCUT2D eigenvalue weighted by Crippen LogP contribution is 2.33. The van der Waals surface area contributed by atoms with E-state index in [-0.39, 0.29) is 42.4 Å². The fraction of sp³-hybridized carbons (Fsp3) is 0.293. The summed E-state index contributed by atoms with van der Waals surface area (Å²) in [4.78, 5) is 50.6. The Morgan fingerprint density at radius 1 is 0.902 bits per heavy atom. The number of carboxylic acids is 1. The zero-order valence-electron chi connectivity index (χ0n) is 29.1. The van der Waals surface area contributed by atoms with Gasteiger partial charge in [0.15, 0.2) is 11.6 Å². The van der Waals surface area contributed by atoms with Gasteiger partial charge in [0.05, 0.1) is 17.4 Å². The second-order valence-electron chi connectivity index (χ2n) is 13.9. The first-order chi connectivity index (χ1) is 24.4. The van der Waals surface area contributed by atoms with Gasteiger partial charge in [-0.15, -0.1) is 11.3 Å². The molecule has 5 aromatic rings. The lowest BCUT2D eigenvalue weighted by Gasteiger charge is -2.38. The Labute approximate surface area is 301 Å². The first kappa shape index (κ1) is 35.6. The molecule has 0 bridgehead atoms. The summed E-state index contributed by atoms with van der Waals surface area (Å²) in [5.74, 6) is -1.60. The molecule has 10 heteroatoms. The maximum Gasteiger partial charge on any atom is 0.310 e. The predicted molar refractivity (Wildman–Crippen MR) is 196 cm³/mol. The number of aromatic nitrogens is 2. The average Bonchev–Trinajstić information content (AvgIpc) is 3.60. The molecule has 0 radical (unpaired) electrons. The molecule has 1 saturated heterocycles. The summed E-state index contributed by atoms with van der Waals surface area (Å²) in [6.07, 6.45) is 3.54. The Hall–Kier alpha value is -5.22. The van der Waals surface area contributed by atoms with Crippen LogP contribution in [0.3, 0.4) is 0 Å². The first-order valence-electron chi connectivity index (χ1n) is 17.0. The van der Waals surface area contributed by atoms with E-state index in [4.69, 9.17) is 4.74 Å². The summed E-state index contributed by atoms with van der Waals surface area (Å²) >= 11 is 1.45. The summed E-state index contributed by atoms with van der Waals surface area (Å²) in [5, 5.41) is 9.32. The fourth-order valence-electron chi connectivity index (χ4n) is 6.06. The van der Waals surface area contributed by atoms with Crippen molar-refractivity contribution in [2.24, 2.45) is 11.8 Å². The third-order valence-corrected chi connectivity index (χ3v) is 10.6. The van der Waals surface area contributed by atoms with Crippen LogP contribution in [0.25, 0.3) is 33.6 Å². The van der Waals surface area contributed by atoms with Crippen molar-refractivity contribution >= 4 is 29.0 Å². The minimum Gasteiger partial charge on any atom is -0.494 e. The number of Topliss-reactive ketones (excluding diaryl/α,β-unsaturated/α-hetero) is 1. The van der Waals surface area contributed by atoms with Gasteiger partial charge >= 0.3 is 5.97 Å². The number of rotatable bonds is 12. The molecule has 2 aromatic heterocycles. The van der Waals surface area contributed by atoms with E-state index in [1.807, 2.05) is 73.7 Å². The largest absolute Gasteiger partial charge is 0.494 e. The molecule has 262 valence electrons. The molecule has 6 rings (SSSR count). The first-order valence-corrected chi connectivity index (χ1v) is 17.8. The number of carbonyl (C=O) groups is 3. The number of hydrogen-bond donors (Lipinski definition) is 1. The Balaban J connectivity index is 1.14. The highest BCUT2D eigenvalue weighted by molar-refractivity contribution is 7.14. The Bertz CT molecular complexity index is 2030. The number of ketones is 1. The summed E-state index contributed by atoms with van der Waals surface area (Å²) in [5.41, 5.74) is 4.09. The third kappa shape index (κ3) is 8.23. The van der Waals surface area contributed by atoms with Crippen LogP contribution in [-0.4, -0.2) is 57.3 Å². The molecular weight excluding hydrogens is 666 g/mol. The van der Waals surface area contributed by atoms with Crippen molar-refractivity contribution in [3.63, 3.8) is 0 Å². The SMILES string of the molecule is CCOc1ccc(-c2ccc(-c3cnc(-c4ccc(C[C@H](CC(=O)c5ccc(C(C)(C)C)s5)C(=O)N5CC(C(=O)O)C5)cc4)nc3)c(F)c2)cc1.